The second kappa shape index (κ2) is 12.0. The summed E-state index contributed by atoms with van der Waals surface area (Å²) >= 11 is 0. The first-order chi connectivity index (χ1) is 8.62. The molecule has 0 aliphatic carbocycles. The first-order valence-corrected chi connectivity index (χ1v) is 8.26. The molecule has 1 nitrogen and oxygen atoms in total. The van der Waals surface area contributed by atoms with Gasteiger partial charge in [0.25, 0.3) is 0 Å². The van der Waals surface area contributed by atoms with Gasteiger partial charge in [-0.25, -0.2) is 0 Å². The summed E-state index contributed by atoms with van der Waals surface area (Å²) in [5.74, 6) is 0. The van der Waals surface area contributed by atoms with Gasteiger partial charge in [0.15, 0.2) is 0 Å². The highest BCUT2D eigenvalue weighted by molar-refractivity contribution is 4.68. The lowest BCUT2D eigenvalue weighted by atomic mass is 9.99. The molecule has 0 radical (unpaired) electrons. The minimum absolute atomic E-state index is 0.0944. The van der Waals surface area contributed by atoms with Crippen LogP contribution in [-0.4, -0.2) is 12.2 Å². The van der Waals surface area contributed by atoms with Crippen molar-refractivity contribution < 1.29 is 4.74 Å². The van der Waals surface area contributed by atoms with Crippen LogP contribution in [0.2, 0.25) is 0 Å². The zero-order valence-electron chi connectivity index (χ0n) is 13.4. The van der Waals surface area contributed by atoms with Crippen LogP contribution < -0.4 is 0 Å². The molecule has 0 N–H and O–H groups in total. The standard InChI is InChI=1S/C17H36O/c1-5-7-9-10-11-12-13-15-17(3,4)18-16-14-8-6-2/h5-16H2,1-4H3. The molecule has 0 rings (SSSR count). The molecule has 0 atom stereocenters. The van der Waals surface area contributed by atoms with Crippen molar-refractivity contribution in [2.45, 2.75) is 104 Å². The summed E-state index contributed by atoms with van der Waals surface area (Å²) in [5, 5.41) is 0. The summed E-state index contributed by atoms with van der Waals surface area (Å²) in [7, 11) is 0. The summed E-state index contributed by atoms with van der Waals surface area (Å²) in [6, 6.07) is 0. The van der Waals surface area contributed by atoms with Crippen LogP contribution in [0.1, 0.15) is 98.3 Å². The predicted octanol–water partition coefficient (Wildman–Crippen LogP) is 6.11. The smallest absolute Gasteiger partial charge is 0.0626 e. The Labute approximate surface area is 116 Å². The Bertz CT molecular complexity index is 163. The van der Waals surface area contributed by atoms with Crippen LogP contribution in [0.25, 0.3) is 0 Å². The predicted molar refractivity (Wildman–Crippen MR) is 82.2 cm³/mol. The van der Waals surface area contributed by atoms with Crippen molar-refractivity contribution in [1.82, 2.24) is 0 Å². The van der Waals surface area contributed by atoms with Crippen LogP contribution in [0.5, 0.6) is 0 Å². The van der Waals surface area contributed by atoms with E-state index < -0.39 is 0 Å². The highest BCUT2D eigenvalue weighted by Crippen LogP contribution is 2.20. The van der Waals surface area contributed by atoms with Crippen LogP contribution >= 0.6 is 0 Å². The fraction of sp³-hybridized carbons (Fsp3) is 1.00. The second-order valence-corrected chi connectivity index (χ2v) is 6.19. The fourth-order valence-corrected chi connectivity index (χ4v) is 2.28. The van der Waals surface area contributed by atoms with Gasteiger partial charge in [0.2, 0.25) is 0 Å². The van der Waals surface area contributed by atoms with Gasteiger partial charge in [-0.1, -0.05) is 71.6 Å². The minimum atomic E-state index is 0.0944. The molecular weight excluding hydrogens is 220 g/mol. The number of ether oxygens (including phenoxy) is 1. The third kappa shape index (κ3) is 12.4. The van der Waals surface area contributed by atoms with Crippen molar-refractivity contribution in [2.75, 3.05) is 6.61 Å². The molecule has 0 spiro atoms. The van der Waals surface area contributed by atoms with Crippen molar-refractivity contribution >= 4 is 0 Å². The third-order valence-electron chi connectivity index (χ3n) is 3.62. The molecule has 0 aromatic carbocycles. The Morgan fingerprint density at radius 2 is 1.17 bits per heavy atom. The number of hydrogen-bond acceptors (Lipinski definition) is 1. The molecule has 0 amide bonds. The molecule has 0 aliphatic rings. The van der Waals surface area contributed by atoms with Crippen LogP contribution in [0.4, 0.5) is 0 Å². The molecule has 0 fully saturated rings. The van der Waals surface area contributed by atoms with E-state index >= 15 is 0 Å². The summed E-state index contributed by atoms with van der Waals surface area (Å²) in [4.78, 5) is 0. The van der Waals surface area contributed by atoms with E-state index in [1.807, 2.05) is 0 Å². The number of hydrogen-bond donors (Lipinski definition) is 0. The molecule has 0 aromatic rings. The lowest BCUT2D eigenvalue weighted by Crippen LogP contribution is -2.24. The molecule has 0 bridgehead atoms. The van der Waals surface area contributed by atoms with Gasteiger partial charge in [-0.05, 0) is 26.7 Å². The lowest BCUT2D eigenvalue weighted by molar-refractivity contribution is -0.0265. The molecule has 18 heavy (non-hydrogen) atoms. The number of rotatable bonds is 13. The molecule has 0 heterocycles. The van der Waals surface area contributed by atoms with Crippen LogP contribution in [-0.2, 0) is 4.74 Å². The van der Waals surface area contributed by atoms with Gasteiger partial charge >= 0.3 is 0 Å². The normalized spacial score (nSPS) is 12.0. The van der Waals surface area contributed by atoms with E-state index in [2.05, 4.69) is 27.7 Å². The number of unbranched alkanes of at least 4 members (excludes halogenated alkanes) is 8. The minimum Gasteiger partial charge on any atom is -0.376 e. The Morgan fingerprint density at radius 3 is 1.78 bits per heavy atom. The van der Waals surface area contributed by atoms with Crippen LogP contribution in [0, 0.1) is 0 Å². The van der Waals surface area contributed by atoms with E-state index in [0.717, 1.165) is 6.61 Å². The van der Waals surface area contributed by atoms with E-state index in [4.69, 9.17) is 4.74 Å². The molecule has 0 aliphatic heterocycles. The molecule has 0 saturated heterocycles. The molecular formula is C17H36O. The maximum Gasteiger partial charge on any atom is 0.0626 e. The molecule has 0 aromatic heterocycles. The Morgan fingerprint density at radius 1 is 0.667 bits per heavy atom. The Kier molecular flexibility index (Phi) is 12.0. The fourth-order valence-electron chi connectivity index (χ4n) is 2.28. The van der Waals surface area contributed by atoms with Gasteiger partial charge in [-0.15, -0.1) is 0 Å². The summed E-state index contributed by atoms with van der Waals surface area (Å²) in [6.45, 7) is 9.95. The largest absolute Gasteiger partial charge is 0.376 e. The zero-order valence-corrected chi connectivity index (χ0v) is 13.4. The zero-order chi connectivity index (χ0) is 13.7. The second-order valence-electron chi connectivity index (χ2n) is 6.19. The van der Waals surface area contributed by atoms with E-state index in [0.29, 0.717) is 0 Å². The summed E-state index contributed by atoms with van der Waals surface area (Å²) in [5.41, 5.74) is 0.0944. The average Bonchev–Trinajstić information content (AvgIpc) is 2.34. The average molecular weight is 256 g/mol. The highest BCUT2D eigenvalue weighted by atomic mass is 16.5. The van der Waals surface area contributed by atoms with Crippen molar-refractivity contribution in [3.8, 4) is 0 Å². The lowest BCUT2D eigenvalue weighted by Gasteiger charge is -2.25. The van der Waals surface area contributed by atoms with E-state index in [1.165, 1.54) is 70.6 Å². The quantitative estimate of drug-likeness (QED) is 0.361. The molecule has 1 heteroatoms. The topological polar surface area (TPSA) is 9.23 Å². The van der Waals surface area contributed by atoms with Gasteiger partial charge in [0.05, 0.1) is 5.60 Å². The van der Waals surface area contributed by atoms with Crippen LogP contribution in [0.3, 0.4) is 0 Å². The Hall–Kier alpha value is -0.0400. The molecule has 0 unspecified atom stereocenters. The van der Waals surface area contributed by atoms with E-state index in [9.17, 15) is 0 Å². The first kappa shape index (κ1) is 18.0. The monoisotopic (exact) mass is 256 g/mol. The summed E-state index contributed by atoms with van der Waals surface area (Å²) < 4.78 is 5.98. The van der Waals surface area contributed by atoms with Gasteiger partial charge in [0.1, 0.15) is 0 Å². The van der Waals surface area contributed by atoms with Crippen molar-refractivity contribution in [2.24, 2.45) is 0 Å². The molecule has 0 saturated carbocycles. The van der Waals surface area contributed by atoms with Crippen molar-refractivity contribution in [1.29, 1.82) is 0 Å². The van der Waals surface area contributed by atoms with Crippen molar-refractivity contribution in [3.63, 3.8) is 0 Å². The van der Waals surface area contributed by atoms with Gasteiger partial charge in [-0.2, -0.15) is 0 Å². The summed E-state index contributed by atoms with van der Waals surface area (Å²) in [6.07, 6.45) is 14.7. The molecule has 110 valence electrons. The van der Waals surface area contributed by atoms with Crippen LogP contribution in [0.15, 0.2) is 0 Å². The van der Waals surface area contributed by atoms with Gasteiger partial charge in [-0.3, -0.25) is 0 Å². The highest BCUT2D eigenvalue weighted by Gasteiger charge is 2.16. The SMILES string of the molecule is CCCCCCCCCC(C)(C)OCCCCC. The van der Waals surface area contributed by atoms with E-state index in [1.54, 1.807) is 0 Å². The van der Waals surface area contributed by atoms with Gasteiger partial charge in [0, 0.05) is 6.61 Å². The first-order valence-electron chi connectivity index (χ1n) is 8.26. The maximum absolute atomic E-state index is 5.98. The maximum atomic E-state index is 5.98. The Balaban J connectivity index is 3.34. The third-order valence-corrected chi connectivity index (χ3v) is 3.62. The van der Waals surface area contributed by atoms with E-state index in [-0.39, 0.29) is 5.60 Å². The van der Waals surface area contributed by atoms with Crippen molar-refractivity contribution in [3.05, 3.63) is 0 Å². The van der Waals surface area contributed by atoms with Gasteiger partial charge < -0.3 is 4.74 Å².